The summed E-state index contributed by atoms with van der Waals surface area (Å²) in [6, 6.07) is 16.8. The van der Waals surface area contributed by atoms with Gasteiger partial charge in [-0.2, -0.15) is 0 Å². The molecule has 2 amide bonds. The Morgan fingerprint density at radius 3 is 2.42 bits per heavy atom. The smallest absolute Gasteiger partial charge is 0.319 e. The first-order chi connectivity index (χ1) is 11.6. The van der Waals surface area contributed by atoms with E-state index in [-0.39, 0.29) is 12.6 Å². The second-order valence-corrected chi connectivity index (χ2v) is 6.18. The molecule has 5 nitrogen and oxygen atoms in total. The number of urea groups is 1. The van der Waals surface area contributed by atoms with Crippen LogP contribution in [-0.4, -0.2) is 23.3 Å². The minimum atomic E-state index is -0.716. The average Bonchev–Trinajstić information content (AvgIpc) is 2.59. The lowest BCUT2D eigenvalue weighted by Gasteiger charge is -2.36. The lowest BCUT2D eigenvalue weighted by molar-refractivity contribution is -0.0287. The molecule has 1 aliphatic carbocycles. The molecular weight excluding hydrogens is 304 g/mol. The number of hydrogen-bond acceptors (Lipinski definition) is 3. The predicted octanol–water partition coefficient (Wildman–Crippen LogP) is 3.30. The zero-order valence-corrected chi connectivity index (χ0v) is 13.5. The topological polar surface area (TPSA) is 70.6 Å². The summed E-state index contributed by atoms with van der Waals surface area (Å²) >= 11 is 0. The van der Waals surface area contributed by atoms with E-state index in [1.54, 1.807) is 12.1 Å². The fourth-order valence-corrected chi connectivity index (χ4v) is 2.56. The highest BCUT2D eigenvalue weighted by Crippen LogP contribution is 2.30. The number of ether oxygens (including phenoxy) is 1. The Balaban J connectivity index is 1.44. The van der Waals surface area contributed by atoms with Crippen LogP contribution in [0.25, 0.3) is 0 Å². The lowest BCUT2D eigenvalue weighted by atomic mass is 9.80. The van der Waals surface area contributed by atoms with Crippen molar-refractivity contribution in [1.82, 2.24) is 5.32 Å². The summed E-state index contributed by atoms with van der Waals surface area (Å²) in [7, 11) is 0. The molecule has 0 aromatic heterocycles. The van der Waals surface area contributed by atoms with E-state index in [9.17, 15) is 9.90 Å². The molecule has 0 aliphatic heterocycles. The summed E-state index contributed by atoms with van der Waals surface area (Å²) in [5.41, 5.74) is 1.07. The Bertz CT molecular complexity index is 667. The first-order valence-corrected chi connectivity index (χ1v) is 8.17. The summed E-state index contributed by atoms with van der Waals surface area (Å²) in [6.45, 7) is 0.795. The van der Waals surface area contributed by atoms with Crippen molar-refractivity contribution >= 4 is 11.7 Å². The van der Waals surface area contributed by atoms with Gasteiger partial charge in [0.2, 0.25) is 0 Å². The first kappa shape index (κ1) is 16.3. The third kappa shape index (κ3) is 4.49. The molecule has 2 aromatic carbocycles. The highest BCUT2D eigenvalue weighted by atomic mass is 16.5. The Morgan fingerprint density at radius 2 is 1.79 bits per heavy atom. The van der Waals surface area contributed by atoms with Crippen LogP contribution in [0, 0.1) is 0 Å². The van der Waals surface area contributed by atoms with E-state index in [0.29, 0.717) is 12.3 Å². The molecule has 0 saturated heterocycles. The Labute approximate surface area is 141 Å². The second-order valence-electron chi connectivity index (χ2n) is 6.18. The van der Waals surface area contributed by atoms with E-state index in [2.05, 4.69) is 10.6 Å². The fraction of sp³-hybridized carbons (Fsp3) is 0.316. The molecule has 24 heavy (non-hydrogen) atoms. The standard InChI is InChI=1S/C19H22N2O3/c22-18(20-14-19(23)11-4-12-19)21-16-7-9-17(10-8-16)24-13-15-5-2-1-3-6-15/h1-3,5-10,23H,4,11-14H2,(H2,20,21,22). The molecule has 126 valence electrons. The van der Waals surface area contributed by atoms with Crippen LogP contribution in [-0.2, 0) is 6.61 Å². The predicted molar refractivity (Wildman–Crippen MR) is 93.0 cm³/mol. The second kappa shape index (κ2) is 7.36. The van der Waals surface area contributed by atoms with Crippen molar-refractivity contribution in [3.63, 3.8) is 0 Å². The van der Waals surface area contributed by atoms with Gasteiger partial charge in [-0.3, -0.25) is 0 Å². The maximum absolute atomic E-state index is 11.8. The number of benzene rings is 2. The minimum absolute atomic E-state index is 0.289. The van der Waals surface area contributed by atoms with Gasteiger partial charge in [0.15, 0.2) is 0 Å². The van der Waals surface area contributed by atoms with Crippen molar-refractivity contribution < 1.29 is 14.6 Å². The molecule has 0 heterocycles. The summed E-state index contributed by atoms with van der Waals surface area (Å²) in [4.78, 5) is 11.8. The Kier molecular flexibility index (Phi) is 5.01. The zero-order chi connectivity index (χ0) is 16.8. The molecule has 0 bridgehead atoms. The minimum Gasteiger partial charge on any atom is -0.489 e. The van der Waals surface area contributed by atoms with Crippen LogP contribution in [0.3, 0.4) is 0 Å². The molecule has 1 saturated carbocycles. The maximum Gasteiger partial charge on any atom is 0.319 e. The monoisotopic (exact) mass is 326 g/mol. The van der Waals surface area contributed by atoms with Crippen LogP contribution in [0.4, 0.5) is 10.5 Å². The van der Waals surface area contributed by atoms with Gasteiger partial charge in [-0.25, -0.2) is 4.79 Å². The van der Waals surface area contributed by atoms with E-state index >= 15 is 0 Å². The van der Waals surface area contributed by atoms with E-state index in [1.165, 1.54) is 0 Å². The molecule has 1 fully saturated rings. The summed E-state index contributed by atoms with van der Waals surface area (Å²) in [5.74, 6) is 0.744. The molecular formula is C19H22N2O3. The van der Waals surface area contributed by atoms with Crippen LogP contribution in [0.2, 0.25) is 0 Å². The molecule has 0 unspecified atom stereocenters. The van der Waals surface area contributed by atoms with Gasteiger partial charge < -0.3 is 20.5 Å². The zero-order valence-electron chi connectivity index (χ0n) is 13.5. The molecule has 0 atom stereocenters. The van der Waals surface area contributed by atoms with Gasteiger partial charge >= 0.3 is 6.03 Å². The SMILES string of the molecule is O=C(NCC1(O)CCC1)Nc1ccc(OCc2ccccc2)cc1. The van der Waals surface area contributed by atoms with E-state index in [4.69, 9.17) is 4.74 Å². The third-order valence-electron chi connectivity index (χ3n) is 4.22. The van der Waals surface area contributed by atoms with Gasteiger partial charge in [0.1, 0.15) is 12.4 Å². The maximum atomic E-state index is 11.8. The molecule has 3 N–H and O–H groups in total. The first-order valence-electron chi connectivity index (χ1n) is 8.17. The average molecular weight is 326 g/mol. The van der Waals surface area contributed by atoms with Crippen molar-refractivity contribution in [3.8, 4) is 5.75 Å². The number of aliphatic hydroxyl groups is 1. The highest BCUT2D eigenvalue weighted by molar-refractivity contribution is 5.89. The fourth-order valence-electron chi connectivity index (χ4n) is 2.56. The van der Waals surface area contributed by atoms with E-state index in [1.807, 2.05) is 42.5 Å². The Hall–Kier alpha value is -2.53. The number of nitrogens with one attached hydrogen (secondary N) is 2. The van der Waals surface area contributed by atoms with Crippen LogP contribution >= 0.6 is 0 Å². The summed E-state index contributed by atoms with van der Waals surface area (Å²) in [5, 5.41) is 15.4. The molecule has 2 aromatic rings. The van der Waals surface area contributed by atoms with Gasteiger partial charge in [0.05, 0.1) is 5.60 Å². The summed E-state index contributed by atoms with van der Waals surface area (Å²) < 4.78 is 5.70. The number of amides is 2. The number of carbonyl (C=O) groups is 1. The molecule has 0 spiro atoms. The van der Waals surface area contributed by atoms with Crippen LogP contribution in [0.15, 0.2) is 54.6 Å². The van der Waals surface area contributed by atoms with Crippen LogP contribution < -0.4 is 15.4 Å². The molecule has 5 heteroatoms. The van der Waals surface area contributed by atoms with Gasteiger partial charge in [-0.1, -0.05) is 30.3 Å². The number of rotatable bonds is 6. The Morgan fingerprint density at radius 1 is 1.08 bits per heavy atom. The normalized spacial score (nSPS) is 15.2. The van der Waals surface area contributed by atoms with Crippen molar-refractivity contribution in [1.29, 1.82) is 0 Å². The van der Waals surface area contributed by atoms with E-state index in [0.717, 1.165) is 30.6 Å². The number of hydrogen-bond donors (Lipinski definition) is 3. The highest BCUT2D eigenvalue weighted by Gasteiger charge is 2.34. The van der Waals surface area contributed by atoms with Gasteiger partial charge in [-0.05, 0) is 49.1 Å². The van der Waals surface area contributed by atoms with Gasteiger partial charge in [0, 0.05) is 12.2 Å². The number of carbonyl (C=O) groups excluding carboxylic acids is 1. The van der Waals surface area contributed by atoms with E-state index < -0.39 is 5.60 Å². The van der Waals surface area contributed by atoms with Crippen molar-refractivity contribution in [2.45, 2.75) is 31.5 Å². The molecule has 0 radical (unpaired) electrons. The lowest BCUT2D eigenvalue weighted by Crippen LogP contribution is -2.48. The number of anilines is 1. The third-order valence-corrected chi connectivity index (χ3v) is 4.22. The van der Waals surface area contributed by atoms with Crippen LogP contribution in [0.1, 0.15) is 24.8 Å². The van der Waals surface area contributed by atoms with Gasteiger partial charge in [-0.15, -0.1) is 0 Å². The molecule has 1 aliphatic rings. The molecule has 3 rings (SSSR count). The summed E-state index contributed by atoms with van der Waals surface area (Å²) in [6.07, 6.45) is 2.52. The quantitative estimate of drug-likeness (QED) is 0.763. The van der Waals surface area contributed by atoms with Crippen molar-refractivity contribution in [3.05, 3.63) is 60.2 Å². The van der Waals surface area contributed by atoms with Crippen molar-refractivity contribution in [2.75, 3.05) is 11.9 Å². The van der Waals surface area contributed by atoms with Crippen molar-refractivity contribution in [2.24, 2.45) is 0 Å². The van der Waals surface area contributed by atoms with Crippen LogP contribution in [0.5, 0.6) is 5.75 Å². The van der Waals surface area contributed by atoms with Gasteiger partial charge in [0.25, 0.3) is 0 Å². The largest absolute Gasteiger partial charge is 0.489 e.